The van der Waals surface area contributed by atoms with Gasteiger partial charge in [-0.2, -0.15) is 0 Å². The maximum atomic E-state index is 12.3. The zero-order chi connectivity index (χ0) is 19.3. The van der Waals surface area contributed by atoms with Crippen molar-refractivity contribution in [3.63, 3.8) is 0 Å². The summed E-state index contributed by atoms with van der Waals surface area (Å²) in [6, 6.07) is 0. The highest BCUT2D eigenvalue weighted by molar-refractivity contribution is 5.92. The number of hydrogen-bond donors (Lipinski definition) is 0. The van der Waals surface area contributed by atoms with Gasteiger partial charge in [0, 0.05) is 19.3 Å². The third-order valence-corrected chi connectivity index (χ3v) is 8.11. The second kappa shape index (κ2) is 6.72. The molecule has 0 bridgehead atoms. The zero-order valence-electron chi connectivity index (χ0n) is 16.6. The molecule has 0 heterocycles. The molecule has 0 amide bonds. The van der Waals surface area contributed by atoms with Crippen molar-refractivity contribution in [3.05, 3.63) is 23.5 Å². The molecule has 4 heteroatoms. The summed E-state index contributed by atoms with van der Waals surface area (Å²) >= 11 is 0. The fourth-order valence-electron chi connectivity index (χ4n) is 7.00. The van der Waals surface area contributed by atoms with Gasteiger partial charge in [0.1, 0.15) is 5.78 Å². The first-order chi connectivity index (χ1) is 12.8. The van der Waals surface area contributed by atoms with Crippen LogP contribution in [0.2, 0.25) is 0 Å². The van der Waals surface area contributed by atoms with Gasteiger partial charge >= 0.3 is 5.97 Å². The molecule has 0 aromatic carbocycles. The van der Waals surface area contributed by atoms with E-state index in [0.717, 1.165) is 49.7 Å². The Morgan fingerprint density at radius 1 is 1.15 bits per heavy atom. The van der Waals surface area contributed by atoms with Crippen LogP contribution in [0.25, 0.3) is 0 Å². The third-order valence-electron chi connectivity index (χ3n) is 8.11. The predicted octanol–water partition coefficient (Wildman–Crippen LogP) is 4.39. The number of ketones is 2. The van der Waals surface area contributed by atoms with Gasteiger partial charge < -0.3 is 4.74 Å². The Bertz CT molecular complexity index is 745. The highest BCUT2D eigenvalue weighted by Gasteiger charge is 2.57. The molecule has 3 saturated carbocycles. The van der Waals surface area contributed by atoms with Crippen LogP contribution in [0.1, 0.15) is 65.7 Å². The molecule has 6 atom stereocenters. The van der Waals surface area contributed by atoms with Crippen molar-refractivity contribution in [2.75, 3.05) is 0 Å². The average molecular weight is 370 g/mol. The van der Waals surface area contributed by atoms with E-state index in [4.69, 9.17) is 4.74 Å². The van der Waals surface area contributed by atoms with Crippen molar-refractivity contribution in [2.24, 2.45) is 35.0 Å². The Balaban J connectivity index is 1.69. The lowest BCUT2D eigenvalue weighted by atomic mass is 9.50. The SMILES string of the molecule is CC(=O)OC=C1C[C@@H]2[C@H](CC[C@]3(C)[C@@H](C(C)=O)CC[C@@H]23)[C@H]2CCC(=O)C=C12. The lowest BCUT2D eigenvalue weighted by molar-refractivity contribution is -0.135. The molecule has 4 aliphatic carbocycles. The fraction of sp³-hybridized carbons (Fsp3) is 0.696. The summed E-state index contributed by atoms with van der Waals surface area (Å²) in [6.45, 7) is 5.50. The lowest BCUT2D eigenvalue weighted by Crippen LogP contribution is -2.47. The standard InChI is InChI=1S/C23H30O4/c1-13(24)21-6-7-22-20-10-15(12-27-14(2)25)19-11-16(26)4-5-17(19)18(20)8-9-23(21,22)3/h11-12,17-18,20-22H,4-10H2,1-3H3/t17-,18-,20-,21-,22+,23-/m1/s1. The van der Waals surface area contributed by atoms with Crippen molar-refractivity contribution in [1.29, 1.82) is 0 Å². The minimum absolute atomic E-state index is 0.102. The van der Waals surface area contributed by atoms with Gasteiger partial charge in [-0.15, -0.1) is 0 Å². The van der Waals surface area contributed by atoms with Gasteiger partial charge in [0.25, 0.3) is 0 Å². The highest BCUT2D eigenvalue weighted by Crippen LogP contribution is 2.64. The first-order valence-electron chi connectivity index (χ1n) is 10.4. The molecular weight excluding hydrogens is 340 g/mol. The van der Waals surface area contributed by atoms with Crippen LogP contribution in [0, 0.1) is 35.0 Å². The van der Waals surface area contributed by atoms with Crippen LogP contribution in [0.4, 0.5) is 0 Å². The topological polar surface area (TPSA) is 60.4 Å². The maximum absolute atomic E-state index is 12.3. The first kappa shape index (κ1) is 18.6. The summed E-state index contributed by atoms with van der Waals surface area (Å²) < 4.78 is 5.23. The molecule has 3 fully saturated rings. The van der Waals surface area contributed by atoms with Crippen LogP contribution < -0.4 is 0 Å². The van der Waals surface area contributed by atoms with Crippen LogP contribution in [-0.2, 0) is 19.1 Å². The van der Waals surface area contributed by atoms with Crippen molar-refractivity contribution in [1.82, 2.24) is 0 Å². The number of Topliss-reactive ketones (excluding diaryl/α,β-unsaturated/α-hetero) is 1. The summed E-state index contributed by atoms with van der Waals surface area (Å²) in [5, 5.41) is 0. The van der Waals surface area contributed by atoms with Crippen LogP contribution in [-0.4, -0.2) is 17.5 Å². The summed E-state index contributed by atoms with van der Waals surface area (Å²) in [7, 11) is 0. The van der Waals surface area contributed by atoms with E-state index in [1.54, 1.807) is 19.3 Å². The van der Waals surface area contributed by atoms with Gasteiger partial charge in [-0.1, -0.05) is 6.92 Å². The molecule has 0 aromatic heterocycles. The first-order valence-corrected chi connectivity index (χ1v) is 10.4. The molecule has 27 heavy (non-hydrogen) atoms. The minimum Gasteiger partial charge on any atom is -0.434 e. The molecule has 4 aliphatic rings. The number of rotatable bonds is 2. The lowest BCUT2D eigenvalue weighted by Gasteiger charge is -2.54. The van der Waals surface area contributed by atoms with E-state index >= 15 is 0 Å². The number of allylic oxidation sites excluding steroid dienone is 2. The molecule has 4 nitrogen and oxygen atoms in total. The normalized spacial score (nSPS) is 42.0. The van der Waals surface area contributed by atoms with E-state index in [2.05, 4.69) is 6.92 Å². The summed E-state index contributed by atoms with van der Waals surface area (Å²) in [5.41, 5.74) is 2.24. The van der Waals surface area contributed by atoms with Crippen molar-refractivity contribution >= 4 is 17.5 Å². The minimum atomic E-state index is -0.324. The monoisotopic (exact) mass is 370 g/mol. The summed E-state index contributed by atoms with van der Waals surface area (Å²) in [4.78, 5) is 35.7. The second-order valence-corrected chi connectivity index (χ2v) is 9.39. The van der Waals surface area contributed by atoms with Crippen molar-refractivity contribution in [3.8, 4) is 0 Å². The third kappa shape index (κ3) is 3.01. The van der Waals surface area contributed by atoms with Gasteiger partial charge in [0.15, 0.2) is 5.78 Å². The molecule has 0 N–H and O–H groups in total. The number of fused-ring (bicyclic) bond motifs is 5. The maximum Gasteiger partial charge on any atom is 0.307 e. The van der Waals surface area contributed by atoms with E-state index in [-0.39, 0.29) is 23.1 Å². The van der Waals surface area contributed by atoms with E-state index in [1.165, 1.54) is 6.92 Å². The van der Waals surface area contributed by atoms with Crippen LogP contribution >= 0.6 is 0 Å². The summed E-state index contributed by atoms with van der Waals surface area (Å²) in [6.07, 6.45) is 10.2. The molecule has 0 spiro atoms. The molecule has 0 saturated heterocycles. The van der Waals surface area contributed by atoms with Crippen LogP contribution in [0.15, 0.2) is 23.5 Å². The number of carbonyl (C=O) groups excluding carboxylic acids is 3. The average Bonchev–Trinajstić information content (AvgIpc) is 2.97. The molecular formula is C23H30O4. The molecule has 0 radical (unpaired) electrons. The Morgan fingerprint density at radius 3 is 2.63 bits per heavy atom. The van der Waals surface area contributed by atoms with Crippen LogP contribution in [0.5, 0.6) is 0 Å². The van der Waals surface area contributed by atoms with E-state index in [1.807, 2.05) is 0 Å². The highest BCUT2D eigenvalue weighted by atomic mass is 16.5. The largest absolute Gasteiger partial charge is 0.434 e. The Morgan fingerprint density at radius 2 is 1.93 bits per heavy atom. The number of esters is 1. The molecule has 0 aliphatic heterocycles. The van der Waals surface area contributed by atoms with E-state index in [9.17, 15) is 14.4 Å². The Kier molecular flexibility index (Phi) is 4.64. The van der Waals surface area contributed by atoms with Gasteiger partial charge in [0.2, 0.25) is 0 Å². The number of hydrogen-bond acceptors (Lipinski definition) is 4. The van der Waals surface area contributed by atoms with Gasteiger partial charge in [-0.3, -0.25) is 14.4 Å². The van der Waals surface area contributed by atoms with Gasteiger partial charge in [0.05, 0.1) is 6.26 Å². The predicted molar refractivity (Wildman–Crippen MR) is 101 cm³/mol. The quantitative estimate of drug-likeness (QED) is 0.534. The fourth-order valence-corrected chi connectivity index (χ4v) is 7.00. The zero-order valence-corrected chi connectivity index (χ0v) is 16.6. The van der Waals surface area contributed by atoms with Gasteiger partial charge in [-0.05, 0) is 91.8 Å². The van der Waals surface area contributed by atoms with E-state index in [0.29, 0.717) is 35.9 Å². The number of ether oxygens (including phenoxy) is 1. The molecule has 0 unspecified atom stereocenters. The summed E-state index contributed by atoms with van der Waals surface area (Å²) in [5.74, 6) is 2.44. The van der Waals surface area contributed by atoms with Gasteiger partial charge in [-0.25, -0.2) is 0 Å². The molecule has 146 valence electrons. The van der Waals surface area contributed by atoms with E-state index < -0.39 is 0 Å². The Labute approximate surface area is 161 Å². The second-order valence-electron chi connectivity index (χ2n) is 9.39. The van der Waals surface area contributed by atoms with Crippen molar-refractivity contribution < 1.29 is 19.1 Å². The van der Waals surface area contributed by atoms with Crippen LogP contribution in [0.3, 0.4) is 0 Å². The Hall–Kier alpha value is -1.71. The molecule has 0 aromatic rings. The van der Waals surface area contributed by atoms with Crippen molar-refractivity contribution in [2.45, 2.75) is 65.7 Å². The number of carbonyl (C=O) groups is 3. The smallest absolute Gasteiger partial charge is 0.307 e. The molecule has 4 rings (SSSR count).